The predicted molar refractivity (Wildman–Crippen MR) is 70.3 cm³/mol. The van der Waals surface area contributed by atoms with E-state index in [1.54, 1.807) is 11.8 Å². The minimum absolute atomic E-state index is 0.0818. The first-order chi connectivity index (χ1) is 7.58. The Balaban J connectivity index is 2.86. The van der Waals surface area contributed by atoms with Gasteiger partial charge in [0.25, 0.3) is 0 Å². The molecule has 0 spiro atoms. The van der Waals surface area contributed by atoms with Crippen molar-refractivity contribution in [3.8, 4) is 6.07 Å². The number of nitrogens with two attached hydrogens (primary N) is 1. The van der Waals surface area contributed by atoms with Gasteiger partial charge < -0.3 is 5.73 Å². The van der Waals surface area contributed by atoms with Crippen LogP contribution < -0.4 is 5.73 Å². The topological polar surface area (TPSA) is 49.8 Å². The van der Waals surface area contributed by atoms with E-state index in [0.29, 0.717) is 5.92 Å². The van der Waals surface area contributed by atoms with Crippen molar-refractivity contribution in [1.82, 2.24) is 0 Å². The molecule has 1 rings (SSSR count). The Morgan fingerprint density at radius 3 is 2.62 bits per heavy atom. The molecule has 0 saturated carbocycles. The fourth-order valence-electron chi connectivity index (χ4n) is 1.57. The van der Waals surface area contributed by atoms with Crippen molar-refractivity contribution in [3.63, 3.8) is 0 Å². The lowest BCUT2D eigenvalue weighted by Gasteiger charge is -2.13. The Morgan fingerprint density at radius 1 is 1.44 bits per heavy atom. The minimum atomic E-state index is 0.0818. The van der Waals surface area contributed by atoms with Crippen LogP contribution in [0.3, 0.4) is 0 Å². The third-order valence-electron chi connectivity index (χ3n) is 2.72. The van der Waals surface area contributed by atoms with Crippen LogP contribution in [-0.4, -0.2) is 6.26 Å². The average molecular weight is 234 g/mol. The summed E-state index contributed by atoms with van der Waals surface area (Å²) in [6.45, 7) is 4.17. The zero-order valence-electron chi connectivity index (χ0n) is 10.0. The van der Waals surface area contributed by atoms with E-state index in [9.17, 15) is 0 Å². The summed E-state index contributed by atoms with van der Waals surface area (Å²) in [5, 5.41) is 9.06. The first-order valence-electron chi connectivity index (χ1n) is 5.40. The van der Waals surface area contributed by atoms with Gasteiger partial charge in [0.05, 0.1) is 12.0 Å². The van der Waals surface area contributed by atoms with Gasteiger partial charge >= 0.3 is 0 Å². The Kier molecular flexibility index (Phi) is 4.70. The molecule has 0 bridgehead atoms. The smallest absolute Gasteiger partial charge is 0.0661 e. The Hall–Kier alpha value is -1.14. The molecule has 0 saturated heterocycles. The highest BCUT2D eigenvalue weighted by Crippen LogP contribution is 2.26. The minimum Gasteiger partial charge on any atom is -0.398 e. The highest BCUT2D eigenvalue weighted by atomic mass is 32.2. The summed E-state index contributed by atoms with van der Waals surface area (Å²) in [5.74, 6) is 0.471. The van der Waals surface area contributed by atoms with Crippen molar-refractivity contribution < 1.29 is 0 Å². The summed E-state index contributed by atoms with van der Waals surface area (Å²) >= 11 is 1.64. The highest BCUT2D eigenvalue weighted by Gasteiger charge is 2.13. The van der Waals surface area contributed by atoms with Gasteiger partial charge in [-0.25, -0.2) is 0 Å². The number of rotatable bonds is 4. The predicted octanol–water partition coefficient (Wildman–Crippen LogP) is 3.33. The van der Waals surface area contributed by atoms with Crippen molar-refractivity contribution in [2.24, 2.45) is 11.8 Å². The molecule has 0 amide bonds. The van der Waals surface area contributed by atoms with E-state index in [1.165, 1.54) is 5.56 Å². The number of thioether (sulfide) groups is 1. The maximum absolute atomic E-state index is 9.06. The number of hydrogen-bond acceptors (Lipinski definition) is 3. The molecular formula is C13H18N2S. The molecule has 0 aliphatic carbocycles. The molecular weight excluding hydrogens is 216 g/mol. The zero-order valence-corrected chi connectivity index (χ0v) is 10.8. The second kappa shape index (κ2) is 5.81. The lowest BCUT2D eigenvalue weighted by Crippen LogP contribution is -2.09. The second-order valence-electron chi connectivity index (χ2n) is 4.26. The van der Waals surface area contributed by atoms with E-state index in [0.717, 1.165) is 17.0 Å². The summed E-state index contributed by atoms with van der Waals surface area (Å²) in [4.78, 5) is 1.10. The van der Waals surface area contributed by atoms with E-state index in [-0.39, 0.29) is 5.92 Å². The second-order valence-corrected chi connectivity index (χ2v) is 5.11. The molecule has 0 aromatic heterocycles. The van der Waals surface area contributed by atoms with Crippen LogP contribution in [0.25, 0.3) is 0 Å². The van der Waals surface area contributed by atoms with Gasteiger partial charge in [0.1, 0.15) is 0 Å². The molecule has 2 N–H and O–H groups in total. The number of nitrogens with zero attached hydrogens (tertiary/aromatic N) is 1. The monoisotopic (exact) mass is 234 g/mol. The van der Waals surface area contributed by atoms with Crippen molar-refractivity contribution >= 4 is 17.4 Å². The van der Waals surface area contributed by atoms with Gasteiger partial charge in [-0.1, -0.05) is 19.9 Å². The van der Waals surface area contributed by atoms with Gasteiger partial charge in [-0.05, 0) is 36.3 Å². The quantitative estimate of drug-likeness (QED) is 0.642. The SMILES string of the molecule is CSc1cc(CC(C#N)C(C)C)ccc1N. The molecule has 16 heavy (non-hydrogen) atoms. The summed E-state index contributed by atoms with van der Waals surface area (Å²) < 4.78 is 0. The molecule has 0 aliphatic heterocycles. The zero-order chi connectivity index (χ0) is 12.1. The Labute approximate surface area is 102 Å². The third-order valence-corrected chi connectivity index (χ3v) is 3.52. The maximum Gasteiger partial charge on any atom is 0.0661 e. The fourth-order valence-corrected chi connectivity index (χ4v) is 2.14. The summed E-state index contributed by atoms with van der Waals surface area (Å²) in [7, 11) is 0. The molecule has 2 nitrogen and oxygen atoms in total. The maximum atomic E-state index is 9.06. The molecule has 1 aromatic carbocycles. The van der Waals surface area contributed by atoms with Gasteiger partial charge in [0.2, 0.25) is 0 Å². The third kappa shape index (κ3) is 3.18. The fraction of sp³-hybridized carbons (Fsp3) is 0.462. The van der Waals surface area contributed by atoms with E-state index in [2.05, 4.69) is 26.0 Å². The number of hydrogen-bond donors (Lipinski definition) is 1. The van der Waals surface area contributed by atoms with Gasteiger partial charge in [0.15, 0.2) is 0 Å². The van der Waals surface area contributed by atoms with Crippen LogP contribution in [0.5, 0.6) is 0 Å². The molecule has 3 heteroatoms. The van der Waals surface area contributed by atoms with Crippen LogP contribution in [0.1, 0.15) is 19.4 Å². The Morgan fingerprint density at radius 2 is 2.12 bits per heavy atom. The van der Waals surface area contributed by atoms with E-state index in [1.807, 2.05) is 18.4 Å². The van der Waals surface area contributed by atoms with Gasteiger partial charge in [-0.2, -0.15) is 5.26 Å². The molecule has 0 radical (unpaired) electrons. The van der Waals surface area contributed by atoms with Gasteiger partial charge in [-0.3, -0.25) is 0 Å². The molecule has 0 heterocycles. The normalized spacial score (nSPS) is 12.4. The average Bonchev–Trinajstić information content (AvgIpc) is 2.27. The molecule has 0 fully saturated rings. The van der Waals surface area contributed by atoms with E-state index >= 15 is 0 Å². The first kappa shape index (κ1) is 12.9. The Bertz CT molecular complexity index is 393. The number of nitrogen functional groups attached to an aromatic ring is 1. The molecule has 1 atom stereocenters. The van der Waals surface area contributed by atoms with Crippen LogP contribution in [0, 0.1) is 23.2 Å². The molecule has 0 aliphatic rings. The standard InChI is InChI=1S/C13H18N2S/c1-9(2)11(8-14)6-10-4-5-12(15)13(7-10)16-3/h4-5,7,9,11H,6,15H2,1-3H3. The van der Waals surface area contributed by atoms with Crippen LogP contribution in [0.2, 0.25) is 0 Å². The van der Waals surface area contributed by atoms with Crippen molar-refractivity contribution in [2.75, 3.05) is 12.0 Å². The van der Waals surface area contributed by atoms with E-state index < -0.39 is 0 Å². The molecule has 86 valence electrons. The van der Waals surface area contributed by atoms with Crippen LogP contribution in [-0.2, 0) is 6.42 Å². The van der Waals surface area contributed by atoms with Crippen molar-refractivity contribution in [1.29, 1.82) is 5.26 Å². The van der Waals surface area contributed by atoms with Crippen molar-refractivity contribution in [3.05, 3.63) is 23.8 Å². The lowest BCUT2D eigenvalue weighted by molar-refractivity contribution is 0.473. The molecule has 1 unspecified atom stereocenters. The lowest BCUT2D eigenvalue weighted by atomic mass is 9.90. The summed E-state index contributed by atoms with van der Waals surface area (Å²) in [6, 6.07) is 8.40. The largest absolute Gasteiger partial charge is 0.398 e. The van der Waals surface area contributed by atoms with Gasteiger partial charge in [0, 0.05) is 10.6 Å². The van der Waals surface area contributed by atoms with Crippen molar-refractivity contribution in [2.45, 2.75) is 25.2 Å². The number of anilines is 1. The molecule has 1 aromatic rings. The summed E-state index contributed by atoms with van der Waals surface area (Å²) in [5.41, 5.74) is 7.84. The van der Waals surface area contributed by atoms with Crippen LogP contribution >= 0.6 is 11.8 Å². The van der Waals surface area contributed by atoms with Crippen LogP contribution in [0.4, 0.5) is 5.69 Å². The highest BCUT2D eigenvalue weighted by molar-refractivity contribution is 7.98. The summed E-state index contributed by atoms with van der Waals surface area (Å²) in [6.07, 6.45) is 2.82. The van der Waals surface area contributed by atoms with Crippen LogP contribution in [0.15, 0.2) is 23.1 Å². The number of benzene rings is 1. The van der Waals surface area contributed by atoms with Gasteiger partial charge in [-0.15, -0.1) is 11.8 Å². The first-order valence-corrected chi connectivity index (χ1v) is 6.63. The number of nitriles is 1. The van der Waals surface area contributed by atoms with E-state index in [4.69, 9.17) is 11.0 Å².